The number of phenolic OH excluding ortho intramolecular Hbond substituents is 1. The Morgan fingerprint density at radius 2 is 2.06 bits per heavy atom. The van der Waals surface area contributed by atoms with Crippen molar-refractivity contribution in [1.29, 1.82) is 0 Å². The Bertz CT molecular complexity index is 451. The van der Waals surface area contributed by atoms with Crippen molar-refractivity contribution in [3.8, 4) is 11.5 Å². The molecule has 0 saturated carbocycles. The van der Waals surface area contributed by atoms with Crippen molar-refractivity contribution in [2.24, 2.45) is 0 Å². The number of hydrogen-bond acceptors (Lipinski definition) is 4. The van der Waals surface area contributed by atoms with E-state index in [0.717, 1.165) is 5.56 Å². The molecule has 0 spiro atoms. The number of aromatic hydroxyl groups is 1. The lowest BCUT2D eigenvalue weighted by atomic mass is 10.2. The van der Waals surface area contributed by atoms with Gasteiger partial charge in [-0.3, -0.25) is 0 Å². The highest BCUT2D eigenvalue weighted by molar-refractivity contribution is 7.90. The Hall–Kier alpha value is -1.23. The lowest BCUT2D eigenvalue weighted by Crippen LogP contribution is -2.07. The number of hydrogen-bond donors (Lipinski definition) is 1. The third-order valence-corrected chi connectivity index (χ3v) is 3.13. The van der Waals surface area contributed by atoms with Crippen LogP contribution in [0.25, 0.3) is 0 Å². The van der Waals surface area contributed by atoms with E-state index in [1.54, 1.807) is 25.1 Å². The van der Waals surface area contributed by atoms with E-state index in [0.29, 0.717) is 18.8 Å². The Labute approximate surface area is 95.8 Å². The van der Waals surface area contributed by atoms with Crippen molar-refractivity contribution >= 4 is 9.84 Å². The van der Waals surface area contributed by atoms with Crippen molar-refractivity contribution in [3.05, 3.63) is 23.8 Å². The maximum Gasteiger partial charge on any atom is 0.147 e. The molecule has 0 unspecified atom stereocenters. The number of phenols is 1. The molecule has 16 heavy (non-hydrogen) atoms. The fourth-order valence-electron chi connectivity index (χ4n) is 1.23. The minimum atomic E-state index is -2.91. The monoisotopic (exact) mass is 244 g/mol. The summed E-state index contributed by atoms with van der Waals surface area (Å²) in [6, 6.07) is 4.93. The standard InChI is InChI=1S/C11H16O4S/c1-9-8-10(4-5-11(9)12)15-6-3-7-16(2,13)14/h4-5,8,12H,3,6-7H2,1-2H3. The summed E-state index contributed by atoms with van der Waals surface area (Å²) < 4.78 is 27.1. The van der Waals surface area contributed by atoms with Crippen LogP contribution in [0, 0.1) is 6.92 Å². The first-order chi connectivity index (χ1) is 7.38. The molecule has 0 aliphatic heterocycles. The molecule has 1 aromatic carbocycles. The van der Waals surface area contributed by atoms with Gasteiger partial charge in [0.15, 0.2) is 0 Å². The van der Waals surface area contributed by atoms with E-state index in [1.165, 1.54) is 6.26 Å². The molecule has 90 valence electrons. The zero-order chi connectivity index (χ0) is 12.2. The molecular formula is C11H16O4S. The normalized spacial score (nSPS) is 11.4. The average molecular weight is 244 g/mol. The van der Waals surface area contributed by atoms with Gasteiger partial charge in [0.2, 0.25) is 0 Å². The second kappa shape index (κ2) is 5.21. The molecule has 0 aromatic heterocycles. The smallest absolute Gasteiger partial charge is 0.147 e. The Morgan fingerprint density at radius 3 is 2.62 bits per heavy atom. The van der Waals surface area contributed by atoms with E-state index in [9.17, 15) is 13.5 Å². The zero-order valence-electron chi connectivity index (χ0n) is 9.43. The predicted molar refractivity (Wildman–Crippen MR) is 62.7 cm³/mol. The van der Waals surface area contributed by atoms with E-state index < -0.39 is 9.84 Å². The van der Waals surface area contributed by atoms with Crippen LogP contribution in [0.5, 0.6) is 11.5 Å². The molecule has 0 aliphatic carbocycles. The third kappa shape index (κ3) is 4.53. The van der Waals surface area contributed by atoms with Crippen LogP contribution in [0.15, 0.2) is 18.2 Å². The number of ether oxygens (including phenoxy) is 1. The van der Waals surface area contributed by atoms with Crippen LogP contribution in [0.1, 0.15) is 12.0 Å². The lowest BCUT2D eigenvalue weighted by Gasteiger charge is -2.07. The van der Waals surface area contributed by atoms with E-state index in [1.807, 2.05) is 0 Å². The minimum absolute atomic E-state index is 0.129. The Kier molecular flexibility index (Phi) is 4.18. The van der Waals surface area contributed by atoms with Gasteiger partial charge in [-0.25, -0.2) is 8.42 Å². The number of rotatable bonds is 5. The van der Waals surface area contributed by atoms with Crippen LogP contribution in [-0.2, 0) is 9.84 Å². The van der Waals surface area contributed by atoms with Gasteiger partial charge in [0, 0.05) is 6.26 Å². The van der Waals surface area contributed by atoms with E-state index >= 15 is 0 Å². The zero-order valence-corrected chi connectivity index (χ0v) is 10.3. The topological polar surface area (TPSA) is 63.6 Å². The van der Waals surface area contributed by atoms with Crippen LogP contribution < -0.4 is 4.74 Å². The SMILES string of the molecule is Cc1cc(OCCCS(C)(=O)=O)ccc1O. The first-order valence-electron chi connectivity index (χ1n) is 4.98. The summed E-state index contributed by atoms with van der Waals surface area (Å²) in [5.41, 5.74) is 0.737. The number of aryl methyl sites for hydroxylation is 1. The van der Waals surface area contributed by atoms with Crippen LogP contribution in [0.3, 0.4) is 0 Å². The van der Waals surface area contributed by atoms with Gasteiger partial charge in [-0.2, -0.15) is 0 Å². The molecule has 0 radical (unpaired) electrons. The molecule has 1 N–H and O–H groups in total. The first-order valence-corrected chi connectivity index (χ1v) is 7.05. The van der Waals surface area contributed by atoms with Gasteiger partial charge >= 0.3 is 0 Å². The van der Waals surface area contributed by atoms with Gasteiger partial charge in [-0.05, 0) is 37.1 Å². The van der Waals surface area contributed by atoms with Gasteiger partial charge < -0.3 is 9.84 Å². The van der Waals surface area contributed by atoms with Crippen LogP contribution in [0.4, 0.5) is 0 Å². The Morgan fingerprint density at radius 1 is 1.38 bits per heavy atom. The summed E-state index contributed by atoms with van der Waals surface area (Å²) in [7, 11) is -2.91. The molecule has 0 fully saturated rings. The Balaban J connectivity index is 2.41. The summed E-state index contributed by atoms with van der Waals surface area (Å²) in [6.07, 6.45) is 1.68. The first kappa shape index (κ1) is 12.8. The molecule has 1 rings (SSSR count). The fourth-order valence-corrected chi connectivity index (χ4v) is 1.87. The molecule has 0 saturated heterocycles. The molecule has 0 aliphatic rings. The second-order valence-corrected chi connectivity index (χ2v) is 6.04. The largest absolute Gasteiger partial charge is 0.508 e. The van der Waals surface area contributed by atoms with Crippen molar-refractivity contribution in [2.45, 2.75) is 13.3 Å². The van der Waals surface area contributed by atoms with E-state index in [2.05, 4.69) is 0 Å². The summed E-state index contributed by atoms with van der Waals surface area (Å²) >= 11 is 0. The molecule has 0 heterocycles. The molecule has 0 bridgehead atoms. The van der Waals surface area contributed by atoms with Gasteiger partial charge in [-0.1, -0.05) is 0 Å². The quantitative estimate of drug-likeness (QED) is 0.797. The average Bonchev–Trinajstić information content (AvgIpc) is 2.17. The minimum Gasteiger partial charge on any atom is -0.508 e. The molecule has 1 aromatic rings. The number of sulfone groups is 1. The van der Waals surface area contributed by atoms with Crippen LogP contribution in [0.2, 0.25) is 0 Å². The second-order valence-electron chi connectivity index (χ2n) is 3.78. The maximum absolute atomic E-state index is 10.9. The molecule has 0 atom stereocenters. The number of benzene rings is 1. The van der Waals surface area contributed by atoms with Crippen molar-refractivity contribution < 1.29 is 18.3 Å². The summed E-state index contributed by atoms with van der Waals surface area (Å²) in [4.78, 5) is 0. The summed E-state index contributed by atoms with van der Waals surface area (Å²) in [5.74, 6) is 0.997. The van der Waals surface area contributed by atoms with Crippen molar-refractivity contribution in [1.82, 2.24) is 0 Å². The molecule has 4 nitrogen and oxygen atoms in total. The van der Waals surface area contributed by atoms with Crippen molar-refractivity contribution in [3.63, 3.8) is 0 Å². The highest BCUT2D eigenvalue weighted by Gasteiger charge is 2.02. The fraction of sp³-hybridized carbons (Fsp3) is 0.455. The molecular weight excluding hydrogens is 228 g/mol. The lowest BCUT2D eigenvalue weighted by molar-refractivity contribution is 0.317. The highest BCUT2D eigenvalue weighted by Crippen LogP contribution is 2.21. The van der Waals surface area contributed by atoms with Crippen LogP contribution in [-0.4, -0.2) is 32.1 Å². The highest BCUT2D eigenvalue weighted by atomic mass is 32.2. The van der Waals surface area contributed by atoms with Gasteiger partial charge in [0.25, 0.3) is 0 Å². The van der Waals surface area contributed by atoms with Crippen molar-refractivity contribution in [2.75, 3.05) is 18.6 Å². The predicted octanol–water partition coefficient (Wildman–Crippen LogP) is 1.51. The van der Waals surface area contributed by atoms with E-state index in [4.69, 9.17) is 4.74 Å². The van der Waals surface area contributed by atoms with Gasteiger partial charge in [0.05, 0.1) is 12.4 Å². The van der Waals surface area contributed by atoms with Gasteiger partial charge in [-0.15, -0.1) is 0 Å². The summed E-state index contributed by atoms with van der Waals surface area (Å²) in [6.45, 7) is 2.13. The maximum atomic E-state index is 10.9. The molecule has 5 heteroatoms. The third-order valence-electron chi connectivity index (χ3n) is 2.10. The van der Waals surface area contributed by atoms with E-state index in [-0.39, 0.29) is 11.5 Å². The molecule has 0 amide bonds. The summed E-state index contributed by atoms with van der Waals surface area (Å²) in [5, 5.41) is 9.29. The van der Waals surface area contributed by atoms with Crippen LogP contribution >= 0.6 is 0 Å². The van der Waals surface area contributed by atoms with Gasteiger partial charge in [0.1, 0.15) is 21.3 Å².